The van der Waals surface area contributed by atoms with Gasteiger partial charge in [-0.05, 0) is 40.0 Å². The molecular formula is C18H18BrN3O2. The maximum Gasteiger partial charge on any atom is 0.230 e. The Balaban J connectivity index is 1.53. The van der Waals surface area contributed by atoms with Crippen molar-refractivity contribution in [3.8, 4) is 0 Å². The molecule has 5 nitrogen and oxygen atoms in total. The molecule has 1 aromatic carbocycles. The molecule has 2 amide bonds. The number of nitrogens with zero attached hydrogens (tertiary/aromatic N) is 2. The van der Waals surface area contributed by atoms with E-state index in [1.54, 1.807) is 17.2 Å². The zero-order chi connectivity index (χ0) is 16.9. The van der Waals surface area contributed by atoms with Gasteiger partial charge in [0.2, 0.25) is 11.8 Å². The van der Waals surface area contributed by atoms with E-state index < -0.39 is 0 Å². The fraction of sp³-hybridized carbons (Fsp3) is 0.278. The summed E-state index contributed by atoms with van der Waals surface area (Å²) in [5.74, 6) is 0.0623. The molecule has 0 spiro atoms. The predicted octanol–water partition coefficient (Wildman–Crippen LogP) is 2.87. The van der Waals surface area contributed by atoms with Gasteiger partial charge in [-0.2, -0.15) is 0 Å². The van der Waals surface area contributed by atoms with Crippen LogP contribution in [0.3, 0.4) is 0 Å². The quantitative estimate of drug-likeness (QED) is 0.857. The van der Waals surface area contributed by atoms with Crippen LogP contribution in [0, 0.1) is 5.92 Å². The number of rotatable bonds is 5. The Morgan fingerprint density at radius 3 is 2.75 bits per heavy atom. The topological polar surface area (TPSA) is 62.3 Å². The lowest BCUT2D eigenvalue weighted by atomic mass is 10.1. The Morgan fingerprint density at radius 1 is 1.25 bits per heavy atom. The number of aromatic nitrogens is 1. The second kappa shape index (κ2) is 7.57. The molecule has 0 aliphatic carbocycles. The van der Waals surface area contributed by atoms with Crippen LogP contribution in [-0.2, 0) is 16.0 Å². The van der Waals surface area contributed by atoms with E-state index in [2.05, 4.69) is 26.2 Å². The maximum atomic E-state index is 12.3. The van der Waals surface area contributed by atoms with Gasteiger partial charge in [0.1, 0.15) is 5.82 Å². The molecule has 3 rings (SSSR count). The van der Waals surface area contributed by atoms with Crippen molar-refractivity contribution in [2.45, 2.75) is 12.8 Å². The average molecular weight is 388 g/mol. The number of pyridine rings is 1. The van der Waals surface area contributed by atoms with E-state index in [0.717, 1.165) is 10.9 Å². The molecule has 1 aliphatic heterocycles. The standard InChI is InChI=1S/C18H18BrN3O2/c19-15-6-7-16(20-11-15)21-18(24)14-10-17(23)22(12-14)9-8-13-4-2-1-3-5-13/h1-7,11,14H,8-10,12H2,(H,20,21,24). The number of halogens is 1. The van der Waals surface area contributed by atoms with Crippen LogP contribution in [0.4, 0.5) is 5.82 Å². The molecule has 0 bridgehead atoms. The van der Waals surface area contributed by atoms with Crippen LogP contribution in [0.25, 0.3) is 0 Å². The molecule has 1 fully saturated rings. The van der Waals surface area contributed by atoms with Crippen LogP contribution in [0.15, 0.2) is 53.1 Å². The minimum absolute atomic E-state index is 0.0369. The lowest BCUT2D eigenvalue weighted by Crippen LogP contribution is -2.30. The largest absolute Gasteiger partial charge is 0.342 e. The van der Waals surface area contributed by atoms with E-state index in [9.17, 15) is 9.59 Å². The number of carbonyl (C=O) groups is 2. The first-order valence-electron chi connectivity index (χ1n) is 7.86. The molecule has 124 valence electrons. The minimum atomic E-state index is -0.321. The SMILES string of the molecule is O=C(Nc1ccc(Br)cn1)C1CC(=O)N(CCc2ccccc2)C1. The molecular weight excluding hydrogens is 370 g/mol. The molecule has 1 atom stereocenters. The van der Waals surface area contributed by atoms with Gasteiger partial charge >= 0.3 is 0 Å². The Bertz CT molecular complexity index is 719. The molecule has 2 heterocycles. The lowest BCUT2D eigenvalue weighted by Gasteiger charge is -2.16. The number of carbonyl (C=O) groups excluding carboxylic acids is 2. The van der Waals surface area contributed by atoms with Gasteiger partial charge in [-0.25, -0.2) is 4.98 Å². The highest BCUT2D eigenvalue weighted by molar-refractivity contribution is 9.10. The third-order valence-electron chi connectivity index (χ3n) is 4.08. The van der Waals surface area contributed by atoms with E-state index >= 15 is 0 Å². The van der Waals surface area contributed by atoms with Crippen molar-refractivity contribution in [2.24, 2.45) is 5.92 Å². The molecule has 24 heavy (non-hydrogen) atoms. The number of nitrogens with one attached hydrogen (secondary N) is 1. The lowest BCUT2D eigenvalue weighted by molar-refractivity contribution is -0.128. The zero-order valence-corrected chi connectivity index (χ0v) is 14.7. The molecule has 6 heteroatoms. The van der Waals surface area contributed by atoms with Gasteiger partial charge in [0.15, 0.2) is 0 Å². The Hall–Kier alpha value is -2.21. The molecule has 1 aliphatic rings. The van der Waals surface area contributed by atoms with Crippen molar-refractivity contribution in [3.05, 3.63) is 58.7 Å². The fourth-order valence-electron chi connectivity index (χ4n) is 2.75. The van der Waals surface area contributed by atoms with E-state index in [1.165, 1.54) is 5.56 Å². The molecule has 1 saturated heterocycles. The summed E-state index contributed by atoms with van der Waals surface area (Å²) in [5, 5.41) is 2.78. The molecule has 1 unspecified atom stereocenters. The summed E-state index contributed by atoms with van der Waals surface area (Å²) >= 11 is 3.30. The maximum absolute atomic E-state index is 12.3. The second-order valence-corrected chi connectivity index (χ2v) is 6.74. The summed E-state index contributed by atoms with van der Waals surface area (Å²) in [6.07, 6.45) is 2.69. The molecule has 0 saturated carbocycles. The molecule has 2 aromatic rings. The van der Waals surface area contributed by atoms with Gasteiger partial charge in [-0.15, -0.1) is 0 Å². The summed E-state index contributed by atoms with van der Waals surface area (Å²) < 4.78 is 0.851. The van der Waals surface area contributed by atoms with Crippen LogP contribution < -0.4 is 5.32 Å². The zero-order valence-electron chi connectivity index (χ0n) is 13.1. The highest BCUT2D eigenvalue weighted by atomic mass is 79.9. The first kappa shape index (κ1) is 16.6. The van der Waals surface area contributed by atoms with Crippen LogP contribution in [-0.4, -0.2) is 34.8 Å². The Labute approximate surface area is 149 Å². The van der Waals surface area contributed by atoms with E-state index in [0.29, 0.717) is 18.9 Å². The molecule has 1 N–H and O–H groups in total. The van der Waals surface area contributed by atoms with Gasteiger partial charge in [-0.3, -0.25) is 9.59 Å². The molecule has 0 radical (unpaired) electrons. The second-order valence-electron chi connectivity index (χ2n) is 5.83. The highest BCUT2D eigenvalue weighted by Gasteiger charge is 2.34. The predicted molar refractivity (Wildman–Crippen MR) is 95.4 cm³/mol. The van der Waals surface area contributed by atoms with Crippen molar-refractivity contribution in [1.29, 1.82) is 0 Å². The van der Waals surface area contributed by atoms with Crippen molar-refractivity contribution in [2.75, 3.05) is 18.4 Å². The van der Waals surface area contributed by atoms with E-state index in [4.69, 9.17) is 0 Å². The first-order chi connectivity index (χ1) is 11.6. The van der Waals surface area contributed by atoms with Gasteiger partial charge in [0.05, 0.1) is 5.92 Å². The van der Waals surface area contributed by atoms with Crippen LogP contribution in [0.5, 0.6) is 0 Å². The average Bonchev–Trinajstić information content (AvgIpc) is 2.97. The van der Waals surface area contributed by atoms with Gasteiger partial charge < -0.3 is 10.2 Å². The number of benzene rings is 1. The monoisotopic (exact) mass is 387 g/mol. The van der Waals surface area contributed by atoms with Gasteiger partial charge in [-0.1, -0.05) is 30.3 Å². The summed E-state index contributed by atoms with van der Waals surface area (Å²) in [6.45, 7) is 1.11. The van der Waals surface area contributed by atoms with Crippen molar-refractivity contribution in [1.82, 2.24) is 9.88 Å². The van der Waals surface area contributed by atoms with Crippen molar-refractivity contribution in [3.63, 3.8) is 0 Å². The Morgan fingerprint density at radius 2 is 2.04 bits per heavy atom. The number of likely N-dealkylation sites (tertiary alicyclic amines) is 1. The van der Waals surface area contributed by atoms with Crippen molar-refractivity contribution >= 4 is 33.6 Å². The van der Waals surface area contributed by atoms with Crippen LogP contribution >= 0.6 is 15.9 Å². The van der Waals surface area contributed by atoms with E-state index in [-0.39, 0.29) is 24.2 Å². The highest BCUT2D eigenvalue weighted by Crippen LogP contribution is 2.20. The summed E-state index contributed by atoms with van der Waals surface area (Å²) in [7, 11) is 0. The third-order valence-corrected chi connectivity index (χ3v) is 4.55. The normalized spacial score (nSPS) is 17.1. The number of hydrogen-bond donors (Lipinski definition) is 1. The van der Waals surface area contributed by atoms with Gasteiger partial charge in [0, 0.05) is 30.2 Å². The fourth-order valence-corrected chi connectivity index (χ4v) is 2.99. The first-order valence-corrected chi connectivity index (χ1v) is 8.65. The number of amides is 2. The van der Waals surface area contributed by atoms with Gasteiger partial charge in [0.25, 0.3) is 0 Å². The number of anilines is 1. The number of hydrogen-bond acceptors (Lipinski definition) is 3. The summed E-state index contributed by atoms with van der Waals surface area (Å²) in [5.41, 5.74) is 1.19. The van der Waals surface area contributed by atoms with E-state index in [1.807, 2.05) is 36.4 Å². The van der Waals surface area contributed by atoms with Crippen LogP contribution in [0.1, 0.15) is 12.0 Å². The van der Waals surface area contributed by atoms with Crippen molar-refractivity contribution < 1.29 is 9.59 Å². The third kappa shape index (κ3) is 4.20. The summed E-state index contributed by atoms with van der Waals surface area (Å²) in [6, 6.07) is 13.6. The Kier molecular flexibility index (Phi) is 5.25. The molecule has 1 aromatic heterocycles. The summed E-state index contributed by atoms with van der Waals surface area (Å²) in [4.78, 5) is 30.4. The minimum Gasteiger partial charge on any atom is -0.342 e. The van der Waals surface area contributed by atoms with Crippen LogP contribution in [0.2, 0.25) is 0 Å². The smallest absolute Gasteiger partial charge is 0.230 e.